The number of thioether (sulfide) groups is 1. The minimum atomic E-state index is 0.132. The highest BCUT2D eigenvalue weighted by Crippen LogP contribution is 2.14. The zero-order valence-corrected chi connectivity index (χ0v) is 7.21. The van der Waals surface area contributed by atoms with E-state index in [1.54, 1.807) is 5.12 Å². The molecule has 0 aliphatic carbocycles. The van der Waals surface area contributed by atoms with Crippen LogP contribution in [0.25, 0.3) is 0 Å². The van der Waals surface area contributed by atoms with Crippen molar-refractivity contribution in [1.82, 2.24) is 10.1 Å². The molecule has 1 aliphatic heterocycles. The van der Waals surface area contributed by atoms with Crippen LogP contribution in [0.3, 0.4) is 0 Å². The number of hydrogen-bond donors (Lipinski definition) is 2. The van der Waals surface area contributed by atoms with Crippen molar-refractivity contribution in [2.45, 2.75) is 0 Å². The van der Waals surface area contributed by atoms with Gasteiger partial charge in [0.2, 0.25) is 0 Å². The highest BCUT2D eigenvalue weighted by atomic mass is 32.2. The van der Waals surface area contributed by atoms with Crippen molar-refractivity contribution in [3.63, 3.8) is 0 Å². The Morgan fingerprint density at radius 1 is 1.91 bits per heavy atom. The number of aliphatic hydroxyl groups is 1. The molecule has 64 valence electrons. The largest absolute Gasteiger partial charge is 0.395 e. The van der Waals surface area contributed by atoms with Crippen molar-refractivity contribution in [1.29, 1.82) is 0 Å². The quantitative estimate of drug-likeness (QED) is 0.581. The average molecular weight is 176 g/mol. The van der Waals surface area contributed by atoms with Crippen molar-refractivity contribution >= 4 is 16.9 Å². The Morgan fingerprint density at radius 2 is 2.64 bits per heavy atom. The van der Waals surface area contributed by atoms with Crippen LogP contribution in [0.2, 0.25) is 0 Å². The van der Waals surface area contributed by atoms with Gasteiger partial charge in [0.05, 0.1) is 6.61 Å². The van der Waals surface area contributed by atoms with E-state index >= 15 is 0 Å². The first-order valence-corrected chi connectivity index (χ1v) is 4.29. The maximum absolute atomic E-state index is 8.61. The molecule has 3 N–H and O–H groups in total. The molecule has 1 heterocycles. The number of aliphatic hydroxyl groups excluding tert-OH is 1. The Kier molecular flexibility index (Phi) is 2.98. The Morgan fingerprint density at radius 3 is 3.09 bits per heavy atom. The van der Waals surface area contributed by atoms with E-state index in [-0.39, 0.29) is 6.61 Å². The molecule has 1 aliphatic rings. The van der Waals surface area contributed by atoms with Gasteiger partial charge in [0.15, 0.2) is 5.17 Å². The summed E-state index contributed by atoms with van der Waals surface area (Å²) in [5.74, 6) is 0.738. The molecule has 0 saturated carbocycles. The third-order valence-electron chi connectivity index (χ3n) is 1.36. The van der Waals surface area contributed by atoms with Crippen LogP contribution in [0, 0.1) is 0 Å². The smallest absolute Gasteiger partial charge is 0.181 e. The molecule has 0 bridgehead atoms. The summed E-state index contributed by atoms with van der Waals surface area (Å²) in [6.07, 6.45) is 0. The second-order valence-corrected chi connectivity index (χ2v) is 3.15. The molecule has 0 unspecified atom stereocenters. The highest BCUT2D eigenvalue weighted by Gasteiger charge is 2.15. The first-order chi connectivity index (χ1) is 5.24. The topological polar surface area (TPSA) is 65.1 Å². The maximum Gasteiger partial charge on any atom is 0.181 e. The minimum Gasteiger partial charge on any atom is -0.395 e. The van der Waals surface area contributed by atoms with Gasteiger partial charge in [0, 0.05) is 13.6 Å². The number of hydrogen-bond acceptors (Lipinski definition) is 6. The molecule has 0 spiro atoms. The lowest BCUT2D eigenvalue weighted by atomic mass is 10.7. The van der Waals surface area contributed by atoms with Crippen LogP contribution in [0.1, 0.15) is 0 Å². The van der Waals surface area contributed by atoms with Crippen LogP contribution >= 0.6 is 11.8 Å². The minimum absolute atomic E-state index is 0.132. The van der Waals surface area contributed by atoms with Gasteiger partial charge in [-0.2, -0.15) is 0 Å². The van der Waals surface area contributed by atoms with Crippen LogP contribution < -0.4 is 5.73 Å². The molecule has 1 rings (SSSR count). The van der Waals surface area contributed by atoms with Gasteiger partial charge >= 0.3 is 0 Å². The number of nitrogens with two attached hydrogens (primary N) is 1. The zero-order chi connectivity index (χ0) is 8.27. The van der Waals surface area contributed by atoms with E-state index in [0.29, 0.717) is 11.7 Å². The SMILES string of the molecule is CN(CCO)N1CSC(N)=N1. The fourth-order valence-corrected chi connectivity index (χ4v) is 1.39. The summed E-state index contributed by atoms with van der Waals surface area (Å²) >= 11 is 1.49. The third kappa shape index (κ3) is 2.25. The molecule has 0 fully saturated rings. The summed E-state index contributed by atoms with van der Waals surface area (Å²) in [6, 6.07) is 0. The van der Waals surface area contributed by atoms with Crippen LogP contribution in [-0.4, -0.2) is 46.5 Å². The van der Waals surface area contributed by atoms with E-state index in [1.807, 2.05) is 12.1 Å². The molecule has 0 atom stereocenters. The fourth-order valence-electron chi connectivity index (χ4n) is 0.730. The second-order valence-electron chi connectivity index (χ2n) is 2.19. The van der Waals surface area contributed by atoms with Crippen molar-refractivity contribution < 1.29 is 5.11 Å². The van der Waals surface area contributed by atoms with Gasteiger partial charge in [-0.15, -0.1) is 5.10 Å². The van der Waals surface area contributed by atoms with Crippen LogP contribution in [0.5, 0.6) is 0 Å². The molecule has 0 amide bonds. The lowest BCUT2D eigenvalue weighted by Crippen LogP contribution is -2.35. The van der Waals surface area contributed by atoms with E-state index in [0.717, 1.165) is 5.88 Å². The Hall–Kier alpha value is -0.460. The van der Waals surface area contributed by atoms with Gasteiger partial charge in [-0.05, 0) is 0 Å². The Bertz CT molecular complexity index is 163. The van der Waals surface area contributed by atoms with Gasteiger partial charge in [-0.1, -0.05) is 11.8 Å². The predicted molar refractivity (Wildman–Crippen MR) is 45.6 cm³/mol. The molecule has 11 heavy (non-hydrogen) atoms. The molecule has 0 saturated heterocycles. The molecule has 5 nitrogen and oxygen atoms in total. The summed E-state index contributed by atoms with van der Waals surface area (Å²) in [4.78, 5) is 0. The van der Waals surface area contributed by atoms with Crippen LogP contribution in [0.4, 0.5) is 0 Å². The maximum atomic E-state index is 8.61. The predicted octanol–water partition coefficient (Wildman–Crippen LogP) is -0.938. The van der Waals surface area contributed by atoms with Gasteiger partial charge in [0.25, 0.3) is 0 Å². The van der Waals surface area contributed by atoms with E-state index < -0.39 is 0 Å². The third-order valence-corrected chi connectivity index (χ3v) is 2.10. The first-order valence-electron chi connectivity index (χ1n) is 3.30. The lowest BCUT2D eigenvalue weighted by molar-refractivity contribution is 0.0119. The number of amidine groups is 1. The van der Waals surface area contributed by atoms with E-state index in [2.05, 4.69) is 5.10 Å². The number of rotatable bonds is 3. The summed E-state index contributed by atoms with van der Waals surface area (Å²) < 4.78 is 0. The standard InChI is InChI=1S/C5H12N4OS/c1-8(2-3-10)9-4-11-5(6)7-9/h10H,2-4H2,1H3,(H2,6,7). The molecule has 0 aromatic carbocycles. The molecule has 0 radical (unpaired) electrons. The molecule has 6 heteroatoms. The van der Waals surface area contributed by atoms with E-state index in [9.17, 15) is 0 Å². The van der Waals surface area contributed by atoms with Crippen molar-refractivity contribution in [2.24, 2.45) is 10.8 Å². The normalized spacial score (nSPS) is 17.7. The lowest BCUT2D eigenvalue weighted by Gasteiger charge is -2.23. The van der Waals surface area contributed by atoms with Crippen molar-refractivity contribution in [3.8, 4) is 0 Å². The second kappa shape index (κ2) is 3.80. The van der Waals surface area contributed by atoms with Crippen molar-refractivity contribution in [2.75, 3.05) is 26.1 Å². The van der Waals surface area contributed by atoms with Gasteiger partial charge in [-0.3, -0.25) is 0 Å². The van der Waals surface area contributed by atoms with E-state index in [1.165, 1.54) is 11.8 Å². The van der Waals surface area contributed by atoms with Gasteiger partial charge in [0.1, 0.15) is 5.88 Å². The summed E-state index contributed by atoms with van der Waals surface area (Å²) in [6.45, 7) is 0.713. The average Bonchev–Trinajstić information content (AvgIpc) is 2.36. The van der Waals surface area contributed by atoms with Crippen LogP contribution in [-0.2, 0) is 0 Å². The zero-order valence-electron chi connectivity index (χ0n) is 6.40. The molecular formula is C5H12N4OS. The fraction of sp³-hybridized carbons (Fsp3) is 0.800. The number of nitrogens with zero attached hydrogens (tertiary/aromatic N) is 3. The number of hydrazine groups is 1. The number of likely N-dealkylation sites (N-methyl/N-ethyl adjacent to an activating group) is 1. The summed E-state index contributed by atoms with van der Waals surface area (Å²) in [5.41, 5.74) is 5.44. The molecular weight excluding hydrogens is 164 g/mol. The monoisotopic (exact) mass is 176 g/mol. The summed E-state index contributed by atoms with van der Waals surface area (Å²) in [7, 11) is 1.86. The summed E-state index contributed by atoms with van der Waals surface area (Å²) in [5, 5.41) is 16.8. The molecule has 0 aromatic rings. The van der Waals surface area contributed by atoms with Gasteiger partial charge in [-0.25, -0.2) is 10.1 Å². The Labute approximate surface area is 69.8 Å². The number of hydrazone groups is 1. The van der Waals surface area contributed by atoms with Gasteiger partial charge < -0.3 is 10.8 Å². The van der Waals surface area contributed by atoms with Crippen LogP contribution in [0.15, 0.2) is 5.10 Å². The van der Waals surface area contributed by atoms with E-state index in [4.69, 9.17) is 10.8 Å². The Balaban J connectivity index is 2.36. The first kappa shape index (κ1) is 8.63. The molecule has 0 aromatic heterocycles. The van der Waals surface area contributed by atoms with Crippen molar-refractivity contribution in [3.05, 3.63) is 0 Å². The highest BCUT2D eigenvalue weighted by molar-refractivity contribution is 8.13.